The second kappa shape index (κ2) is 8.99. The summed E-state index contributed by atoms with van der Waals surface area (Å²) in [4.78, 5) is 14.6. The second-order valence-corrected chi connectivity index (χ2v) is 6.67. The summed E-state index contributed by atoms with van der Waals surface area (Å²) in [6, 6.07) is 21.1. The van der Waals surface area contributed by atoms with Gasteiger partial charge in [0.25, 0.3) is 5.91 Å². The van der Waals surface area contributed by atoms with Crippen LogP contribution in [0.2, 0.25) is 0 Å². The smallest absolute Gasteiger partial charge is 0.256 e. The molecule has 1 heterocycles. The Bertz CT molecular complexity index is 911. The first kappa shape index (κ1) is 19.4. The Morgan fingerprint density at radius 1 is 1.04 bits per heavy atom. The number of methoxy groups -OCH3 is 1. The minimum atomic E-state index is -0.258. The molecule has 0 saturated heterocycles. The van der Waals surface area contributed by atoms with E-state index in [0.29, 0.717) is 17.1 Å². The SMILES string of the molecule is COc1cccc(C(=O)Nc2ccc(N(Cc3ccccc3)C(C)C)nn2)c1. The van der Waals surface area contributed by atoms with E-state index in [4.69, 9.17) is 4.74 Å². The average Bonchev–Trinajstić information content (AvgIpc) is 2.73. The normalized spacial score (nSPS) is 10.6. The highest BCUT2D eigenvalue weighted by molar-refractivity contribution is 6.03. The van der Waals surface area contributed by atoms with Crippen LogP contribution in [-0.4, -0.2) is 29.3 Å². The van der Waals surface area contributed by atoms with Gasteiger partial charge in [-0.15, -0.1) is 10.2 Å². The molecule has 3 rings (SSSR count). The number of carbonyl (C=O) groups excluding carboxylic acids is 1. The molecular weight excluding hydrogens is 352 g/mol. The monoisotopic (exact) mass is 376 g/mol. The van der Waals surface area contributed by atoms with Crippen LogP contribution in [0.4, 0.5) is 11.6 Å². The van der Waals surface area contributed by atoms with E-state index in [1.165, 1.54) is 5.56 Å². The van der Waals surface area contributed by atoms with E-state index in [-0.39, 0.29) is 11.9 Å². The molecule has 0 radical (unpaired) electrons. The number of benzene rings is 2. The van der Waals surface area contributed by atoms with Gasteiger partial charge in [-0.3, -0.25) is 4.79 Å². The fraction of sp³-hybridized carbons (Fsp3) is 0.227. The minimum Gasteiger partial charge on any atom is -0.497 e. The van der Waals surface area contributed by atoms with Crippen molar-refractivity contribution in [3.05, 3.63) is 77.9 Å². The number of nitrogens with zero attached hydrogens (tertiary/aromatic N) is 3. The van der Waals surface area contributed by atoms with E-state index in [1.54, 1.807) is 37.4 Å². The van der Waals surface area contributed by atoms with Crippen molar-refractivity contribution in [1.82, 2.24) is 10.2 Å². The third kappa shape index (κ3) is 4.85. The molecule has 0 aliphatic rings. The number of anilines is 2. The van der Waals surface area contributed by atoms with Crippen LogP contribution >= 0.6 is 0 Å². The number of hydrogen-bond donors (Lipinski definition) is 1. The molecule has 0 atom stereocenters. The topological polar surface area (TPSA) is 67.3 Å². The van der Waals surface area contributed by atoms with Gasteiger partial charge in [0.2, 0.25) is 0 Å². The zero-order valence-corrected chi connectivity index (χ0v) is 16.3. The van der Waals surface area contributed by atoms with Crippen LogP contribution in [0.5, 0.6) is 5.75 Å². The summed E-state index contributed by atoms with van der Waals surface area (Å²) < 4.78 is 5.16. The molecule has 144 valence electrons. The summed E-state index contributed by atoms with van der Waals surface area (Å²) in [5.74, 6) is 1.53. The lowest BCUT2D eigenvalue weighted by atomic mass is 10.2. The summed E-state index contributed by atoms with van der Waals surface area (Å²) in [6.07, 6.45) is 0. The van der Waals surface area contributed by atoms with Crippen LogP contribution in [0, 0.1) is 0 Å². The van der Waals surface area contributed by atoms with E-state index < -0.39 is 0 Å². The van der Waals surface area contributed by atoms with Gasteiger partial charge in [-0.25, -0.2) is 0 Å². The predicted molar refractivity (Wildman–Crippen MR) is 111 cm³/mol. The first-order chi connectivity index (χ1) is 13.6. The summed E-state index contributed by atoms with van der Waals surface area (Å²) >= 11 is 0. The molecule has 2 aromatic carbocycles. The Morgan fingerprint density at radius 3 is 2.46 bits per heavy atom. The van der Waals surface area contributed by atoms with Crippen LogP contribution in [0.25, 0.3) is 0 Å². The Hall–Kier alpha value is -3.41. The Morgan fingerprint density at radius 2 is 1.82 bits per heavy atom. The maximum Gasteiger partial charge on any atom is 0.256 e. The van der Waals surface area contributed by atoms with E-state index in [0.717, 1.165) is 12.4 Å². The fourth-order valence-corrected chi connectivity index (χ4v) is 2.81. The van der Waals surface area contributed by atoms with Gasteiger partial charge in [0, 0.05) is 18.2 Å². The molecule has 6 heteroatoms. The Balaban J connectivity index is 1.71. The molecule has 3 aromatic rings. The van der Waals surface area contributed by atoms with Crippen LogP contribution in [0.3, 0.4) is 0 Å². The van der Waals surface area contributed by atoms with Crippen LogP contribution in [0.1, 0.15) is 29.8 Å². The lowest BCUT2D eigenvalue weighted by Crippen LogP contribution is -2.31. The minimum absolute atomic E-state index is 0.256. The Kier molecular flexibility index (Phi) is 6.22. The third-order valence-electron chi connectivity index (χ3n) is 4.34. The van der Waals surface area contributed by atoms with Crippen molar-refractivity contribution >= 4 is 17.5 Å². The highest BCUT2D eigenvalue weighted by Gasteiger charge is 2.14. The van der Waals surface area contributed by atoms with E-state index in [2.05, 4.69) is 46.4 Å². The van der Waals surface area contributed by atoms with Crippen molar-refractivity contribution in [2.24, 2.45) is 0 Å². The average molecular weight is 376 g/mol. The third-order valence-corrected chi connectivity index (χ3v) is 4.34. The van der Waals surface area contributed by atoms with Crippen molar-refractivity contribution in [3.8, 4) is 5.75 Å². The van der Waals surface area contributed by atoms with Gasteiger partial charge in [0.15, 0.2) is 11.6 Å². The fourth-order valence-electron chi connectivity index (χ4n) is 2.81. The molecule has 28 heavy (non-hydrogen) atoms. The van der Waals surface area contributed by atoms with Crippen molar-refractivity contribution in [2.75, 3.05) is 17.3 Å². The molecule has 0 aliphatic heterocycles. The van der Waals surface area contributed by atoms with Gasteiger partial charge in [-0.05, 0) is 49.7 Å². The number of amides is 1. The first-order valence-corrected chi connectivity index (χ1v) is 9.16. The first-order valence-electron chi connectivity index (χ1n) is 9.16. The Labute approximate surface area is 165 Å². The molecule has 1 N–H and O–H groups in total. The number of aromatic nitrogens is 2. The summed E-state index contributed by atoms with van der Waals surface area (Å²) in [5, 5.41) is 11.3. The van der Waals surface area contributed by atoms with Crippen molar-refractivity contribution in [2.45, 2.75) is 26.4 Å². The number of ether oxygens (including phenoxy) is 1. The summed E-state index contributed by atoms with van der Waals surface area (Å²) in [7, 11) is 1.57. The molecule has 0 aliphatic carbocycles. The largest absolute Gasteiger partial charge is 0.497 e. The van der Waals surface area contributed by atoms with E-state index >= 15 is 0 Å². The van der Waals surface area contributed by atoms with Crippen LogP contribution in [-0.2, 0) is 6.54 Å². The van der Waals surface area contributed by atoms with Crippen LogP contribution in [0.15, 0.2) is 66.7 Å². The number of hydrogen-bond acceptors (Lipinski definition) is 5. The van der Waals surface area contributed by atoms with Crippen LogP contribution < -0.4 is 15.0 Å². The number of carbonyl (C=O) groups is 1. The molecular formula is C22H24N4O2. The quantitative estimate of drug-likeness (QED) is 0.671. The zero-order valence-electron chi connectivity index (χ0n) is 16.3. The number of nitrogens with one attached hydrogen (secondary N) is 1. The van der Waals surface area contributed by atoms with E-state index in [9.17, 15) is 4.79 Å². The molecule has 0 unspecified atom stereocenters. The second-order valence-electron chi connectivity index (χ2n) is 6.67. The van der Waals surface area contributed by atoms with Gasteiger partial charge < -0.3 is 15.0 Å². The maximum absolute atomic E-state index is 12.4. The molecule has 6 nitrogen and oxygen atoms in total. The lowest BCUT2D eigenvalue weighted by molar-refractivity contribution is 0.102. The highest BCUT2D eigenvalue weighted by atomic mass is 16.5. The van der Waals surface area contributed by atoms with E-state index in [1.807, 2.05) is 24.3 Å². The molecule has 0 spiro atoms. The zero-order chi connectivity index (χ0) is 19.9. The van der Waals surface area contributed by atoms with Crippen molar-refractivity contribution < 1.29 is 9.53 Å². The highest BCUT2D eigenvalue weighted by Crippen LogP contribution is 2.19. The lowest BCUT2D eigenvalue weighted by Gasteiger charge is -2.27. The van der Waals surface area contributed by atoms with Gasteiger partial charge in [-0.2, -0.15) is 0 Å². The molecule has 1 amide bonds. The molecule has 0 bridgehead atoms. The standard InChI is InChI=1S/C22H24N4O2/c1-16(2)26(15-17-8-5-4-6-9-17)21-13-12-20(24-25-21)23-22(27)18-10-7-11-19(14-18)28-3/h4-14,16H,15H2,1-3H3,(H,23,24,27). The molecule has 1 aromatic heterocycles. The predicted octanol–water partition coefficient (Wildman–Crippen LogP) is 4.15. The van der Waals surface area contributed by atoms with Gasteiger partial charge in [-0.1, -0.05) is 36.4 Å². The summed E-state index contributed by atoms with van der Waals surface area (Å²) in [5.41, 5.74) is 1.70. The maximum atomic E-state index is 12.4. The van der Waals surface area contributed by atoms with Gasteiger partial charge in [0.05, 0.1) is 7.11 Å². The number of rotatable bonds is 7. The van der Waals surface area contributed by atoms with Crippen molar-refractivity contribution in [1.29, 1.82) is 0 Å². The molecule has 0 fully saturated rings. The van der Waals surface area contributed by atoms with Gasteiger partial charge >= 0.3 is 0 Å². The van der Waals surface area contributed by atoms with Gasteiger partial charge in [0.1, 0.15) is 5.75 Å². The van der Waals surface area contributed by atoms with Crippen molar-refractivity contribution in [3.63, 3.8) is 0 Å². The molecule has 0 saturated carbocycles. The summed E-state index contributed by atoms with van der Waals surface area (Å²) in [6.45, 7) is 4.97.